The Bertz CT molecular complexity index is 1350. The molecule has 214 valence electrons. The molecule has 8 nitrogen and oxygen atoms in total. The number of aryl methyl sites for hydroxylation is 1. The molecule has 5 rings (SSSR count). The average Bonchev–Trinajstić information content (AvgIpc) is 3.32. The number of hydrogen-bond acceptors (Lipinski definition) is 5. The number of halogens is 4. The highest BCUT2D eigenvalue weighted by atomic mass is 19.4. The van der Waals surface area contributed by atoms with Gasteiger partial charge in [-0.1, -0.05) is 30.3 Å². The van der Waals surface area contributed by atoms with Gasteiger partial charge in [0.05, 0.1) is 43.6 Å². The van der Waals surface area contributed by atoms with Gasteiger partial charge in [-0.05, 0) is 43.0 Å². The minimum atomic E-state index is -4.60. The molecule has 2 aromatic carbocycles. The number of piperidine rings is 1. The SMILES string of the molecule is Cc1cccc(F)c1N1CCC(N2Cc3cn(CC(O)CO)nc3N(Cc3ccccc3C(F)(F)F)C2=O)CC1. The summed E-state index contributed by atoms with van der Waals surface area (Å²) in [6, 6.07) is 9.39. The van der Waals surface area contributed by atoms with Crippen LogP contribution >= 0.6 is 0 Å². The van der Waals surface area contributed by atoms with Gasteiger partial charge in [-0.2, -0.15) is 18.3 Å². The molecule has 0 aliphatic carbocycles. The summed E-state index contributed by atoms with van der Waals surface area (Å²) in [5.41, 5.74) is 1.10. The number of anilines is 2. The molecule has 1 atom stereocenters. The van der Waals surface area contributed by atoms with Crippen molar-refractivity contribution >= 4 is 17.5 Å². The van der Waals surface area contributed by atoms with Crippen LogP contribution in [0.15, 0.2) is 48.7 Å². The normalized spacial score (nSPS) is 17.4. The second kappa shape index (κ2) is 11.1. The van der Waals surface area contributed by atoms with E-state index >= 15 is 0 Å². The van der Waals surface area contributed by atoms with Crippen LogP contribution in [0.4, 0.5) is 33.9 Å². The summed E-state index contributed by atoms with van der Waals surface area (Å²) in [7, 11) is 0. The lowest BCUT2D eigenvalue weighted by Gasteiger charge is -2.43. The van der Waals surface area contributed by atoms with E-state index in [2.05, 4.69) is 5.10 Å². The van der Waals surface area contributed by atoms with Crippen LogP contribution in [0, 0.1) is 12.7 Å². The van der Waals surface area contributed by atoms with Crippen LogP contribution < -0.4 is 9.80 Å². The van der Waals surface area contributed by atoms with Crippen molar-refractivity contribution in [2.45, 2.75) is 57.7 Å². The van der Waals surface area contributed by atoms with E-state index in [1.54, 1.807) is 17.2 Å². The number of alkyl halides is 3. The maximum atomic E-state index is 14.6. The number of fused-ring (bicyclic) bond motifs is 1. The van der Waals surface area contributed by atoms with Crippen molar-refractivity contribution in [1.82, 2.24) is 14.7 Å². The van der Waals surface area contributed by atoms with Crippen LogP contribution in [-0.4, -0.2) is 62.8 Å². The smallest absolute Gasteiger partial charge is 0.394 e. The Morgan fingerprint density at radius 3 is 2.50 bits per heavy atom. The molecule has 3 aromatic rings. The predicted molar refractivity (Wildman–Crippen MR) is 140 cm³/mol. The summed E-state index contributed by atoms with van der Waals surface area (Å²) in [4.78, 5) is 18.7. The maximum absolute atomic E-state index is 14.6. The van der Waals surface area contributed by atoms with Crippen molar-refractivity contribution in [2.75, 3.05) is 29.5 Å². The minimum absolute atomic E-state index is 0.0367. The number of nitrogens with zero attached hydrogens (tertiary/aromatic N) is 5. The van der Waals surface area contributed by atoms with Gasteiger partial charge in [0.25, 0.3) is 0 Å². The first-order valence-corrected chi connectivity index (χ1v) is 13.2. The van der Waals surface area contributed by atoms with Crippen LogP contribution in [0.3, 0.4) is 0 Å². The van der Waals surface area contributed by atoms with E-state index in [4.69, 9.17) is 0 Å². The summed E-state index contributed by atoms with van der Waals surface area (Å²) >= 11 is 0. The number of aliphatic hydroxyl groups is 2. The van der Waals surface area contributed by atoms with Crippen molar-refractivity contribution in [3.8, 4) is 0 Å². The highest BCUT2D eigenvalue weighted by Gasteiger charge is 2.40. The van der Waals surface area contributed by atoms with Gasteiger partial charge < -0.3 is 20.0 Å². The summed E-state index contributed by atoms with van der Waals surface area (Å²) in [6.07, 6.45) is -2.93. The fourth-order valence-corrected chi connectivity index (χ4v) is 5.61. The highest BCUT2D eigenvalue weighted by Crippen LogP contribution is 2.37. The van der Waals surface area contributed by atoms with E-state index in [1.165, 1.54) is 33.8 Å². The van der Waals surface area contributed by atoms with Crippen LogP contribution in [0.5, 0.6) is 0 Å². The molecule has 2 N–H and O–H groups in total. The second-order valence-corrected chi connectivity index (χ2v) is 10.3. The first-order chi connectivity index (χ1) is 19.1. The number of para-hydroxylation sites is 1. The lowest BCUT2D eigenvalue weighted by molar-refractivity contribution is -0.138. The molecule has 2 aliphatic rings. The average molecular weight is 562 g/mol. The van der Waals surface area contributed by atoms with E-state index in [-0.39, 0.29) is 42.9 Å². The summed E-state index contributed by atoms with van der Waals surface area (Å²) in [6.45, 7) is 2.21. The summed E-state index contributed by atoms with van der Waals surface area (Å²) < 4.78 is 57.3. The molecule has 0 radical (unpaired) electrons. The molecule has 0 bridgehead atoms. The third-order valence-corrected chi connectivity index (χ3v) is 7.56. The number of aromatic nitrogens is 2. The Labute approximate surface area is 229 Å². The molecule has 2 aliphatic heterocycles. The van der Waals surface area contributed by atoms with Gasteiger partial charge in [0, 0.05) is 30.9 Å². The Kier molecular flexibility index (Phi) is 7.74. The number of carbonyl (C=O) groups excluding carboxylic acids is 1. The third-order valence-electron chi connectivity index (χ3n) is 7.56. The first-order valence-electron chi connectivity index (χ1n) is 13.2. The Morgan fingerprint density at radius 2 is 1.82 bits per heavy atom. The van der Waals surface area contributed by atoms with E-state index in [9.17, 15) is 32.6 Å². The van der Waals surface area contributed by atoms with Gasteiger partial charge in [0.15, 0.2) is 5.82 Å². The highest BCUT2D eigenvalue weighted by molar-refractivity contribution is 5.94. The molecule has 40 heavy (non-hydrogen) atoms. The number of carbonyl (C=O) groups is 1. The fraction of sp³-hybridized carbons (Fsp3) is 0.429. The van der Waals surface area contributed by atoms with Crippen molar-refractivity contribution < 1.29 is 32.6 Å². The van der Waals surface area contributed by atoms with Gasteiger partial charge in [-0.3, -0.25) is 9.58 Å². The largest absolute Gasteiger partial charge is 0.416 e. The van der Waals surface area contributed by atoms with E-state index in [1.807, 2.05) is 17.9 Å². The minimum Gasteiger partial charge on any atom is -0.394 e. The molecular weight excluding hydrogens is 530 g/mol. The fourth-order valence-electron chi connectivity index (χ4n) is 5.61. The van der Waals surface area contributed by atoms with E-state index in [0.29, 0.717) is 37.2 Å². The van der Waals surface area contributed by atoms with Crippen LogP contribution in [0.2, 0.25) is 0 Å². The van der Waals surface area contributed by atoms with Gasteiger partial charge >= 0.3 is 12.2 Å². The van der Waals surface area contributed by atoms with Gasteiger partial charge in [0.1, 0.15) is 5.82 Å². The zero-order valence-electron chi connectivity index (χ0n) is 22.0. The lowest BCUT2D eigenvalue weighted by atomic mass is 10.00. The van der Waals surface area contributed by atoms with Gasteiger partial charge in [-0.25, -0.2) is 9.18 Å². The third kappa shape index (κ3) is 5.50. The molecule has 1 saturated heterocycles. The van der Waals surface area contributed by atoms with E-state index in [0.717, 1.165) is 11.6 Å². The predicted octanol–water partition coefficient (Wildman–Crippen LogP) is 4.31. The maximum Gasteiger partial charge on any atom is 0.416 e. The molecular formula is C28H31F4N5O3. The number of hydrogen-bond donors (Lipinski definition) is 2. The summed E-state index contributed by atoms with van der Waals surface area (Å²) in [5, 5.41) is 23.6. The topological polar surface area (TPSA) is 85.1 Å². The van der Waals surface area contributed by atoms with Crippen molar-refractivity contribution in [1.29, 1.82) is 0 Å². The number of aliphatic hydroxyl groups excluding tert-OH is 2. The lowest BCUT2D eigenvalue weighted by Crippen LogP contribution is -2.54. The van der Waals surface area contributed by atoms with Gasteiger partial charge in [-0.15, -0.1) is 0 Å². The molecule has 0 saturated carbocycles. The van der Waals surface area contributed by atoms with Crippen molar-refractivity contribution in [3.63, 3.8) is 0 Å². The summed E-state index contributed by atoms with van der Waals surface area (Å²) in [5.74, 6) is -0.0769. The van der Waals surface area contributed by atoms with Crippen molar-refractivity contribution in [2.24, 2.45) is 0 Å². The molecule has 1 fully saturated rings. The number of benzene rings is 2. The Hall–Kier alpha value is -3.64. The molecule has 12 heteroatoms. The number of urea groups is 1. The van der Waals surface area contributed by atoms with Crippen LogP contribution in [-0.2, 0) is 25.8 Å². The molecule has 0 spiro atoms. The Balaban J connectivity index is 1.43. The van der Waals surface area contributed by atoms with Crippen LogP contribution in [0.1, 0.15) is 35.1 Å². The van der Waals surface area contributed by atoms with E-state index < -0.39 is 30.5 Å². The number of rotatable bonds is 7. The first kappa shape index (κ1) is 27.9. The van der Waals surface area contributed by atoms with Crippen molar-refractivity contribution in [3.05, 3.63) is 76.7 Å². The molecule has 2 amide bonds. The standard InChI is InChI=1S/C28H31F4N5O3/c1-18-5-4-8-24(29)25(18)34-11-9-21(10-12-34)36-15-20-13-35(16-22(39)17-38)33-26(20)37(27(36)40)14-19-6-2-3-7-23(19)28(30,31)32/h2-8,13,21-22,38-39H,9-12,14-17H2,1H3. The number of amides is 2. The molecule has 1 aromatic heterocycles. The zero-order chi connectivity index (χ0) is 28.6. The van der Waals surface area contributed by atoms with Crippen LogP contribution in [0.25, 0.3) is 0 Å². The van der Waals surface area contributed by atoms with Gasteiger partial charge in [0.2, 0.25) is 0 Å². The molecule has 1 unspecified atom stereocenters. The Morgan fingerprint density at radius 1 is 1.10 bits per heavy atom. The second-order valence-electron chi connectivity index (χ2n) is 10.3. The molecule has 3 heterocycles. The monoisotopic (exact) mass is 561 g/mol. The zero-order valence-corrected chi connectivity index (χ0v) is 22.0. The quantitative estimate of drug-likeness (QED) is 0.420.